The quantitative estimate of drug-likeness (QED) is 0.459. The van der Waals surface area contributed by atoms with Gasteiger partial charge in [0.05, 0.1) is 23.3 Å². The third kappa shape index (κ3) is 4.36. The second-order valence-corrected chi connectivity index (χ2v) is 6.45. The van der Waals surface area contributed by atoms with E-state index < -0.39 is 24.3 Å². The summed E-state index contributed by atoms with van der Waals surface area (Å²) in [5, 5.41) is 0.0193. The van der Waals surface area contributed by atoms with Crippen molar-refractivity contribution in [3.8, 4) is 0 Å². The molecule has 27 heavy (non-hydrogen) atoms. The number of aromatic nitrogens is 2. The van der Waals surface area contributed by atoms with Crippen molar-refractivity contribution in [3.05, 3.63) is 50.6 Å². The van der Waals surface area contributed by atoms with Crippen LogP contribution in [0, 0.1) is 27.7 Å². The third-order valence-corrected chi connectivity index (χ3v) is 4.25. The Labute approximate surface area is 162 Å². The summed E-state index contributed by atoms with van der Waals surface area (Å²) in [6.45, 7) is 8.12. The van der Waals surface area contributed by atoms with Crippen molar-refractivity contribution in [1.82, 2.24) is 9.97 Å². The number of halogens is 1. The Morgan fingerprint density at radius 1 is 1.00 bits per heavy atom. The second-order valence-electron chi connectivity index (χ2n) is 6.09. The Morgan fingerprint density at radius 3 is 2.19 bits per heavy atom. The molecular weight excluding hydrogens is 372 g/mol. The summed E-state index contributed by atoms with van der Waals surface area (Å²) in [5.41, 5.74) is 2.71. The summed E-state index contributed by atoms with van der Waals surface area (Å²) < 4.78 is 10.1. The molecule has 144 valence electrons. The number of carbonyl (C=O) groups excluding carboxylic acids is 3. The molecule has 2 aromatic rings. The average molecular weight is 393 g/mol. The molecular formula is C19H21ClN2O5. The number of aryl methyl sites for hydroxylation is 4. The van der Waals surface area contributed by atoms with Gasteiger partial charge in [-0.1, -0.05) is 11.6 Å². The van der Waals surface area contributed by atoms with Crippen LogP contribution >= 0.6 is 11.6 Å². The number of ether oxygens (including phenoxy) is 2. The average Bonchev–Trinajstić information content (AvgIpc) is 2.86. The number of hydrogen-bond donors (Lipinski definition) is 1. The fourth-order valence-corrected chi connectivity index (χ4v) is 3.26. The van der Waals surface area contributed by atoms with Crippen LogP contribution < -0.4 is 0 Å². The van der Waals surface area contributed by atoms with Gasteiger partial charge in [0.25, 0.3) is 0 Å². The van der Waals surface area contributed by atoms with Crippen molar-refractivity contribution in [1.29, 1.82) is 0 Å². The van der Waals surface area contributed by atoms with Crippen molar-refractivity contribution in [3.63, 3.8) is 0 Å². The Morgan fingerprint density at radius 2 is 1.59 bits per heavy atom. The summed E-state index contributed by atoms with van der Waals surface area (Å²) in [5.74, 6) is -1.86. The molecule has 0 saturated carbocycles. The lowest BCUT2D eigenvalue weighted by Gasteiger charge is -2.10. The topological polar surface area (TPSA) is 98.4 Å². The summed E-state index contributed by atoms with van der Waals surface area (Å²) in [4.78, 5) is 44.1. The molecule has 0 radical (unpaired) electrons. The van der Waals surface area contributed by atoms with E-state index in [0.29, 0.717) is 22.6 Å². The van der Waals surface area contributed by atoms with Crippen molar-refractivity contribution in [2.45, 2.75) is 34.6 Å². The minimum absolute atomic E-state index is 0.0193. The number of aromatic amines is 1. The van der Waals surface area contributed by atoms with Crippen LogP contribution in [0.2, 0.25) is 5.15 Å². The third-order valence-electron chi connectivity index (χ3n) is 3.97. The number of carbonyl (C=O) groups is 3. The summed E-state index contributed by atoms with van der Waals surface area (Å²) in [6.07, 6.45) is 0. The van der Waals surface area contributed by atoms with Gasteiger partial charge >= 0.3 is 11.9 Å². The molecule has 0 spiro atoms. The van der Waals surface area contributed by atoms with Gasteiger partial charge in [0, 0.05) is 17.1 Å². The smallest absolute Gasteiger partial charge is 0.342 e. The molecule has 0 unspecified atom stereocenters. The van der Waals surface area contributed by atoms with Crippen LogP contribution in [-0.2, 0) is 9.47 Å². The molecule has 0 bridgehead atoms. The summed E-state index contributed by atoms with van der Waals surface area (Å²) in [6, 6.07) is 1.70. The molecule has 7 nitrogen and oxygen atoms in total. The number of H-pyrrole nitrogens is 1. The number of hydrogen-bond acceptors (Lipinski definition) is 6. The van der Waals surface area contributed by atoms with E-state index in [1.54, 1.807) is 40.7 Å². The van der Waals surface area contributed by atoms with Crippen molar-refractivity contribution < 1.29 is 23.9 Å². The monoisotopic (exact) mass is 392 g/mol. The highest BCUT2D eigenvalue weighted by Gasteiger charge is 2.26. The van der Waals surface area contributed by atoms with E-state index in [0.717, 1.165) is 0 Å². The summed E-state index contributed by atoms with van der Waals surface area (Å²) >= 11 is 6.03. The molecule has 8 heteroatoms. The molecule has 0 aliphatic rings. The molecule has 0 saturated heterocycles. The van der Waals surface area contributed by atoms with Gasteiger partial charge in [0.2, 0.25) is 5.78 Å². The molecule has 2 aromatic heterocycles. The number of nitrogens with one attached hydrogen (secondary N) is 1. The zero-order chi connectivity index (χ0) is 20.3. The Kier molecular flexibility index (Phi) is 6.38. The maximum absolute atomic E-state index is 12.6. The maximum atomic E-state index is 12.6. The van der Waals surface area contributed by atoms with Crippen LogP contribution in [0.3, 0.4) is 0 Å². The largest absolute Gasteiger partial charge is 0.462 e. The van der Waals surface area contributed by atoms with Crippen LogP contribution in [0.15, 0.2) is 6.07 Å². The van der Waals surface area contributed by atoms with E-state index in [1.165, 1.54) is 0 Å². The fourth-order valence-electron chi connectivity index (χ4n) is 2.90. The van der Waals surface area contributed by atoms with E-state index in [4.69, 9.17) is 21.1 Å². The highest BCUT2D eigenvalue weighted by atomic mass is 35.5. The molecule has 0 aliphatic heterocycles. The predicted molar refractivity (Wildman–Crippen MR) is 99.6 cm³/mol. The van der Waals surface area contributed by atoms with Crippen LogP contribution in [0.5, 0.6) is 0 Å². The zero-order valence-electron chi connectivity index (χ0n) is 15.9. The minimum atomic E-state index is -0.749. The SMILES string of the molecule is CCOC(=O)c1c(C)[nH]c(C)c1C(=O)COC(=O)c1c(C)cc(C)nc1Cl. The number of esters is 2. The first-order valence-electron chi connectivity index (χ1n) is 8.37. The number of nitrogens with zero attached hydrogens (tertiary/aromatic N) is 1. The molecule has 0 atom stereocenters. The van der Waals surface area contributed by atoms with E-state index in [1.807, 2.05) is 0 Å². The molecule has 1 N–H and O–H groups in total. The molecule has 0 amide bonds. The van der Waals surface area contributed by atoms with Gasteiger partial charge in [-0.3, -0.25) is 4.79 Å². The van der Waals surface area contributed by atoms with Gasteiger partial charge < -0.3 is 14.5 Å². The Bertz CT molecular complexity index is 894. The molecule has 0 aliphatic carbocycles. The van der Waals surface area contributed by atoms with Crippen molar-refractivity contribution in [2.75, 3.05) is 13.2 Å². The fraction of sp³-hybridized carbons (Fsp3) is 0.368. The number of ketones is 1. The highest BCUT2D eigenvalue weighted by Crippen LogP contribution is 2.22. The lowest BCUT2D eigenvalue weighted by molar-refractivity contribution is 0.0471. The molecule has 0 fully saturated rings. The number of pyridine rings is 1. The molecule has 0 aromatic carbocycles. The lowest BCUT2D eigenvalue weighted by Crippen LogP contribution is -2.19. The first-order chi connectivity index (χ1) is 12.7. The van der Waals surface area contributed by atoms with Gasteiger partial charge in [0.1, 0.15) is 5.15 Å². The van der Waals surface area contributed by atoms with Gasteiger partial charge in [0.15, 0.2) is 6.61 Å². The van der Waals surface area contributed by atoms with E-state index in [9.17, 15) is 14.4 Å². The summed E-state index contributed by atoms with van der Waals surface area (Å²) in [7, 11) is 0. The van der Waals surface area contributed by atoms with E-state index in [-0.39, 0.29) is 28.5 Å². The van der Waals surface area contributed by atoms with Crippen LogP contribution in [-0.4, -0.2) is 40.9 Å². The van der Waals surface area contributed by atoms with Crippen LogP contribution in [0.1, 0.15) is 60.6 Å². The van der Waals surface area contributed by atoms with Gasteiger partial charge in [-0.05, 0) is 46.2 Å². The van der Waals surface area contributed by atoms with Crippen molar-refractivity contribution in [2.24, 2.45) is 0 Å². The van der Waals surface area contributed by atoms with Gasteiger partial charge in [-0.15, -0.1) is 0 Å². The molecule has 2 rings (SSSR count). The highest BCUT2D eigenvalue weighted by molar-refractivity contribution is 6.32. The van der Waals surface area contributed by atoms with E-state index in [2.05, 4.69) is 9.97 Å². The molecule has 2 heterocycles. The first-order valence-corrected chi connectivity index (χ1v) is 8.75. The Balaban J connectivity index is 2.22. The maximum Gasteiger partial charge on any atom is 0.342 e. The van der Waals surface area contributed by atoms with E-state index >= 15 is 0 Å². The van der Waals surface area contributed by atoms with Gasteiger partial charge in [-0.25, -0.2) is 14.6 Å². The Hall–Kier alpha value is -2.67. The predicted octanol–water partition coefficient (Wildman–Crippen LogP) is 3.51. The normalized spacial score (nSPS) is 10.6. The minimum Gasteiger partial charge on any atom is -0.462 e. The van der Waals surface area contributed by atoms with Crippen LogP contribution in [0.4, 0.5) is 0 Å². The van der Waals surface area contributed by atoms with Gasteiger partial charge in [-0.2, -0.15) is 0 Å². The second kappa shape index (κ2) is 8.35. The number of Topliss-reactive ketones (excluding diaryl/α,β-unsaturated/α-hetero) is 1. The van der Waals surface area contributed by atoms with Crippen LogP contribution in [0.25, 0.3) is 0 Å². The first kappa shape index (κ1) is 20.6. The number of rotatable bonds is 6. The van der Waals surface area contributed by atoms with Crippen molar-refractivity contribution >= 4 is 29.3 Å². The standard InChI is InChI=1S/C19H21ClN2O5/c1-6-26-19(25)16-12(5)22-11(4)15(16)13(23)8-27-18(24)14-9(2)7-10(3)21-17(14)20/h7,22H,6,8H2,1-5H3. The zero-order valence-corrected chi connectivity index (χ0v) is 16.6. The lowest BCUT2D eigenvalue weighted by atomic mass is 10.1.